The number of ether oxygens (including phenoxy) is 1. The van der Waals surface area contributed by atoms with Gasteiger partial charge in [0.05, 0.1) is 11.6 Å². The monoisotopic (exact) mass is 474 g/mol. The molecule has 0 aliphatic rings. The summed E-state index contributed by atoms with van der Waals surface area (Å²) in [5.41, 5.74) is 2.31. The van der Waals surface area contributed by atoms with Crippen molar-refractivity contribution >= 4 is 63.1 Å². The van der Waals surface area contributed by atoms with Crippen LogP contribution in [0.3, 0.4) is 0 Å². The van der Waals surface area contributed by atoms with Crippen molar-refractivity contribution in [3.63, 3.8) is 0 Å². The zero-order valence-corrected chi connectivity index (χ0v) is 16.9. The molecule has 0 bridgehead atoms. The number of nitrogens with one attached hydrogen (secondary N) is 2. The van der Waals surface area contributed by atoms with Gasteiger partial charge in [-0.05, 0) is 90.6 Å². The highest BCUT2D eigenvalue weighted by molar-refractivity contribution is 14.1. The summed E-state index contributed by atoms with van der Waals surface area (Å²) in [7, 11) is 0. The maximum Gasteiger partial charge on any atom is 0.257 e. The number of carbonyl (C=O) groups excluding carboxylic acids is 1. The molecule has 24 heavy (non-hydrogen) atoms. The van der Waals surface area contributed by atoms with E-state index >= 15 is 0 Å². The molecule has 7 heteroatoms. The molecule has 0 spiro atoms. The number of thiocarbonyl (C=S) groups is 1. The summed E-state index contributed by atoms with van der Waals surface area (Å²) in [4.78, 5) is 12.3. The molecule has 4 nitrogen and oxygen atoms in total. The number of halogens is 2. The van der Waals surface area contributed by atoms with Crippen LogP contribution >= 0.6 is 46.4 Å². The van der Waals surface area contributed by atoms with Crippen LogP contribution in [0.25, 0.3) is 0 Å². The van der Waals surface area contributed by atoms with Crippen LogP contribution < -0.4 is 15.4 Å². The van der Waals surface area contributed by atoms with Gasteiger partial charge in [-0.25, -0.2) is 0 Å². The molecule has 2 N–H and O–H groups in total. The predicted molar refractivity (Wildman–Crippen MR) is 110 cm³/mol. The lowest BCUT2D eigenvalue weighted by Crippen LogP contribution is -2.34. The molecule has 2 aromatic carbocycles. The normalized spacial score (nSPS) is 10.2. The number of benzene rings is 2. The van der Waals surface area contributed by atoms with Crippen LogP contribution in [0, 0.1) is 10.5 Å². The summed E-state index contributed by atoms with van der Waals surface area (Å²) in [6.45, 7) is 4.35. The molecule has 126 valence electrons. The van der Waals surface area contributed by atoms with Crippen molar-refractivity contribution in [3.05, 3.63) is 56.1 Å². The van der Waals surface area contributed by atoms with Gasteiger partial charge in [-0.15, -0.1) is 0 Å². The van der Waals surface area contributed by atoms with Crippen LogP contribution in [0.1, 0.15) is 22.8 Å². The van der Waals surface area contributed by atoms with E-state index in [4.69, 9.17) is 28.6 Å². The van der Waals surface area contributed by atoms with Crippen molar-refractivity contribution in [1.29, 1.82) is 0 Å². The second-order valence-electron chi connectivity index (χ2n) is 4.95. The average Bonchev–Trinajstić information content (AvgIpc) is 2.52. The van der Waals surface area contributed by atoms with E-state index in [1.165, 1.54) is 0 Å². The Kier molecular flexibility index (Phi) is 6.82. The lowest BCUT2D eigenvalue weighted by Gasteiger charge is -2.12. The van der Waals surface area contributed by atoms with Crippen LogP contribution in [-0.4, -0.2) is 17.6 Å². The molecule has 0 aliphatic carbocycles. The van der Waals surface area contributed by atoms with Crippen molar-refractivity contribution in [1.82, 2.24) is 5.32 Å². The van der Waals surface area contributed by atoms with Gasteiger partial charge < -0.3 is 10.1 Å². The van der Waals surface area contributed by atoms with Crippen LogP contribution in [0.2, 0.25) is 5.02 Å². The number of anilines is 1. The average molecular weight is 475 g/mol. The third-order valence-electron chi connectivity index (χ3n) is 3.16. The van der Waals surface area contributed by atoms with Gasteiger partial charge in [0.1, 0.15) is 5.75 Å². The second kappa shape index (κ2) is 8.64. The third kappa shape index (κ3) is 5.06. The number of amides is 1. The molecule has 0 aliphatic heterocycles. The number of rotatable bonds is 4. The molecule has 0 saturated heterocycles. The lowest BCUT2D eigenvalue weighted by atomic mass is 10.2. The Labute approximate surface area is 165 Å². The minimum atomic E-state index is -0.333. The van der Waals surface area contributed by atoms with Gasteiger partial charge in [-0.2, -0.15) is 0 Å². The van der Waals surface area contributed by atoms with E-state index in [0.717, 1.165) is 14.8 Å². The van der Waals surface area contributed by atoms with Gasteiger partial charge in [0.15, 0.2) is 5.11 Å². The van der Waals surface area contributed by atoms with Gasteiger partial charge in [-0.1, -0.05) is 11.6 Å². The summed E-state index contributed by atoms with van der Waals surface area (Å²) in [6.07, 6.45) is 0. The zero-order valence-electron chi connectivity index (χ0n) is 13.2. The number of hydrogen-bond acceptors (Lipinski definition) is 3. The van der Waals surface area contributed by atoms with E-state index in [9.17, 15) is 4.79 Å². The summed E-state index contributed by atoms with van der Waals surface area (Å²) in [5, 5.41) is 6.28. The Balaban J connectivity index is 2.03. The summed E-state index contributed by atoms with van der Waals surface area (Å²) in [5.74, 6) is 0.214. The fraction of sp³-hybridized carbons (Fsp3) is 0.176. The molecule has 0 heterocycles. The minimum Gasteiger partial charge on any atom is -0.492 e. The van der Waals surface area contributed by atoms with Gasteiger partial charge in [0.25, 0.3) is 5.91 Å². The summed E-state index contributed by atoms with van der Waals surface area (Å²) < 4.78 is 6.49. The Morgan fingerprint density at radius 2 is 2.04 bits per heavy atom. The topological polar surface area (TPSA) is 50.4 Å². The molecule has 0 atom stereocenters. The molecule has 0 unspecified atom stereocenters. The zero-order chi connectivity index (χ0) is 17.7. The highest BCUT2D eigenvalue weighted by Crippen LogP contribution is 2.25. The Bertz CT molecular complexity index is 783. The van der Waals surface area contributed by atoms with Crippen molar-refractivity contribution < 1.29 is 9.53 Å². The molecule has 2 aromatic rings. The van der Waals surface area contributed by atoms with E-state index in [2.05, 4.69) is 33.2 Å². The third-order valence-corrected chi connectivity index (χ3v) is 4.33. The first kappa shape index (κ1) is 19.0. The fourth-order valence-electron chi connectivity index (χ4n) is 2.01. The Morgan fingerprint density at radius 3 is 2.67 bits per heavy atom. The fourth-order valence-corrected chi connectivity index (χ4v) is 3.10. The maximum absolute atomic E-state index is 12.3. The highest BCUT2D eigenvalue weighted by Gasteiger charge is 2.11. The first-order valence-corrected chi connectivity index (χ1v) is 9.08. The highest BCUT2D eigenvalue weighted by atomic mass is 127. The molecule has 2 rings (SSSR count). The van der Waals surface area contributed by atoms with Gasteiger partial charge >= 0.3 is 0 Å². The smallest absolute Gasteiger partial charge is 0.257 e. The second-order valence-corrected chi connectivity index (χ2v) is 7.01. The number of hydrogen-bond donors (Lipinski definition) is 2. The molecular weight excluding hydrogens is 459 g/mol. The molecule has 0 saturated carbocycles. The van der Waals surface area contributed by atoms with Crippen molar-refractivity contribution in [3.8, 4) is 5.75 Å². The van der Waals surface area contributed by atoms with Crippen LogP contribution in [0.4, 0.5) is 5.69 Å². The van der Waals surface area contributed by atoms with Crippen molar-refractivity contribution in [2.24, 2.45) is 0 Å². The van der Waals surface area contributed by atoms with Crippen molar-refractivity contribution in [2.75, 3.05) is 11.9 Å². The van der Waals surface area contributed by atoms with E-state index < -0.39 is 0 Å². The van der Waals surface area contributed by atoms with Crippen LogP contribution in [-0.2, 0) is 0 Å². The maximum atomic E-state index is 12.3. The van der Waals surface area contributed by atoms with E-state index in [0.29, 0.717) is 22.9 Å². The molecule has 0 radical (unpaired) electrons. The minimum absolute atomic E-state index is 0.231. The summed E-state index contributed by atoms with van der Waals surface area (Å²) >= 11 is 13.5. The van der Waals surface area contributed by atoms with Crippen LogP contribution in [0.5, 0.6) is 5.75 Å². The molecular formula is C17H16ClIN2O2S. The van der Waals surface area contributed by atoms with E-state index in [-0.39, 0.29) is 11.0 Å². The largest absolute Gasteiger partial charge is 0.492 e. The van der Waals surface area contributed by atoms with Crippen LogP contribution in [0.15, 0.2) is 36.4 Å². The van der Waals surface area contributed by atoms with E-state index in [1.807, 2.05) is 32.0 Å². The van der Waals surface area contributed by atoms with Gasteiger partial charge in [0, 0.05) is 14.8 Å². The summed E-state index contributed by atoms with van der Waals surface area (Å²) in [6, 6.07) is 10.8. The number of carbonyl (C=O) groups is 1. The van der Waals surface area contributed by atoms with Crippen molar-refractivity contribution in [2.45, 2.75) is 13.8 Å². The first-order chi connectivity index (χ1) is 11.4. The standard InChI is InChI=1S/C17H16ClIN2O2S/c1-3-23-15-7-4-11(9-13(15)18)16(22)21-17(24)20-14-6-5-12(19)8-10(14)2/h4-9H,3H2,1-2H3,(H2,20,21,22,24). The van der Waals surface area contributed by atoms with Gasteiger partial charge in [-0.3, -0.25) is 10.1 Å². The SMILES string of the molecule is CCOc1ccc(C(=O)NC(=S)Nc2ccc(I)cc2C)cc1Cl. The van der Waals surface area contributed by atoms with E-state index in [1.54, 1.807) is 18.2 Å². The quantitative estimate of drug-likeness (QED) is 0.495. The molecule has 0 aromatic heterocycles. The first-order valence-electron chi connectivity index (χ1n) is 7.21. The Morgan fingerprint density at radius 1 is 1.29 bits per heavy atom. The lowest BCUT2D eigenvalue weighted by molar-refractivity contribution is 0.0977. The molecule has 0 fully saturated rings. The Hall–Kier alpha value is -1.38. The molecule has 1 amide bonds. The predicted octanol–water partition coefficient (Wildman–Crippen LogP) is 4.78. The van der Waals surface area contributed by atoms with Gasteiger partial charge in [0.2, 0.25) is 0 Å². The number of aryl methyl sites for hydroxylation is 1.